The van der Waals surface area contributed by atoms with Crippen LogP contribution >= 0.6 is 15.9 Å². The van der Waals surface area contributed by atoms with Crippen LogP contribution in [0.5, 0.6) is 0 Å². The van der Waals surface area contributed by atoms with E-state index in [-0.39, 0.29) is 11.0 Å². The molecule has 0 aliphatic carbocycles. The lowest BCUT2D eigenvalue weighted by Gasteiger charge is -2.44. The van der Waals surface area contributed by atoms with Crippen LogP contribution in [0.2, 0.25) is 0 Å². The second kappa shape index (κ2) is 5.25. The minimum absolute atomic E-state index is 0.0106. The molecule has 1 aromatic rings. The second-order valence-corrected chi connectivity index (χ2v) is 6.55. The maximum atomic E-state index is 14.0. The third-order valence-electron chi connectivity index (χ3n) is 3.53. The summed E-state index contributed by atoms with van der Waals surface area (Å²) in [5, 5.41) is 3.22. The van der Waals surface area contributed by atoms with Crippen molar-refractivity contribution in [3.8, 4) is 0 Å². The van der Waals surface area contributed by atoms with Crippen molar-refractivity contribution in [1.29, 1.82) is 0 Å². The van der Waals surface area contributed by atoms with Gasteiger partial charge in [-0.15, -0.1) is 0 Å². The van der Waals surface area contributed by atoms with Gasteiger partial charge in [-0.2, -0.15) is 0 Å². The van der Waals surface area contributed by atoms with Crippen molar-refractivity contribution in [2.24, 2.45) is 11.3 Å². The molecule has 0 spiro atoms. The Labute approximate surface area is 115 Å². The van der Waals surface area contributed by atoms with Crippen LogP contribution in [-0.4, -0.2) is 13.1 Å². The lowest BCUT2D eigenvalue weighted by Crippen LogP contribution is -2.55. The summed E-state index contributed by atoms with van der Waals surface area (Å²) >= 11 is 3.12. The number of halogens is 3. The first-order valence-corrected chi connectivity index (χ1v) is 7.06. The Bertz CT molecular complexity index is 442. The third-order valence-corrected chi connectivity index (χ3v) is 4.14. The van der Waals surface area contributed by atoms with Gasteiger partial charge in [-0.25, -0.2) is 8.78 Å². The molecular formula is C14H18BrF2N. The smallest absolute Gasteiger partial charge is 0.143 e. The summed E-state index contributed by atoms with van der Waals surface area (Å²) < 4.78 is 28.1. The molecule has 0 saturated carbocycles. The first-order chi connectivity index (χ1) is 8.43. The molecule has 100 valence electrons. The lowest BCUT2D eigenvalue weighted by atomic mass is 9.71. The molecule has 4 heteroatoms. The third kappa shape index (κ3) is 2.75. The Kier molecular flexibility index (Phi) is 4.07. The van der Waals surface area contributed by atoms with E-state index in [4.69, 9.17) is 0 Å². The summed E-state index contributed by atoms with van der Waals surface area (Å²) in [4.78, 5) is 0. The number of benzene rings is 1. The first kappa shape index (κ1) is 13.9. The van der Waals surface area contributed by atoms with E-state index in [1.807, 2.05) is 0 Å². The summed E-state index contributed by atoms with van der Waals surface area (Å²) in [6, 6.07) is 2.75. The van der Waals surface area contributed by atoms with E-state index in [9.17, 15) is 8.78 Å². The fraction of sp³-hybridized carbons (Fsp3) is 0.571. The van der Waals surface area contributed by atoms with Gasteiger partial charge in [-0.3, -0.25) is 0 Å². The summed E-state index contributed by atoms with van der Waals surface area (Å²) in [6.07, 6.45) is 1.46. The molecule has 1 fully saturated rings. The summed E-state index contributed by atoms with van der Waals surface area (Å²) in [6.45, 7) is 5.98. The Morgan fingerprint density at radius 3 is 2.50 bits per heavy atom. The Morgan fingerprint density at radius 1 is 1.33 bits per heavy atom. The predicted octanol–water partition coefficient (Wildman–Crippen LogP) is 3.91. The van der Waals surface area contributed by atoms with Crippen LogP contribution in [0.25, 0.3) is 0 Å². The van der Waals surface area contributed by atoms with E-state index in [0.29, 0.717) is 16.8 Å². The van der Waals surface area contributed by atoms with Crippen LogP contribution in [0.15, 0.2) is 16.6 Å². The Balaban J connectivity index is 2.25. The van der Waals surface area contributed by atoms with Crippen molar-refractivity contribution in [2.45, 2.75) is 26.7 Å². The monoisotopic (exact) mass is 317 g/mol. The average molecular weight is 318 g/mol. The van der Waals surface area contributed by atoms with Crippen molar-refractivity contribution in [3.63, 3.8) is 0 Å². The van der Waals surface area contributed by atoms with Gasteiger partial charge in [0, 0.05) is 18.7 Å². The number of rotatable bonds is 4. The highest BCUT2D eigenvalue weighted by molar-refractivity contribution is 9.10. The summed E-state index contributed by atoms with van der Waals surface area (Å²) in [5.74, 6) is -0.360. The maximum Gasteiger partial charge on any atom is 0.143 e. The topological polar surface area (TPSA) is 12.0 Å². The summed E-state index contributed by atoms with van der Waals surface area (Å²) in [7, 11) is 0. The van der Waals surface area contributed by atoms with Crippen molar-refractivity contribution < 1.29 is 8.78 Å². The lowest BCUT2D eigenvalue weighted by molar-refractivity contribution is 0.128. The Hall–Kier alpha value is -0.480. The molecule has 0 bridgehead atoms. The van der Waals surface area contributed by atoms with Gasteiger partial charge in [-0.05, 0) is 52.2 Å². The van der Waals surface area contributed by atoms with Crippen LogP contribution in [0.4, 0.5) is 8.78 Å². The van der Waals surface area contributed by atoms with E-state index in [1.54, 1.807) is 0 Å². The second-order valence-electron chi connectivity index (χ2n) is 5.70. The molecule has 0 aromatic heterocycles. The molecule has 0 radical (unpaired) electrons. The zero-order chi connectivity index (χ0) is 13.3. The van der Waals surface area contributed by atoms with Gasteiger partial charge in [0.2, 0.25) is 0 Å². The minimum atomic E-state index is -0.454. The standard InChI is InChI=1S/C14H18BrF2N/c1-9(2)5-14(7-18-8-14)6-10-12(16)4-3-11(15)13(10)17/h3-4,9,18H,5-8H2,1-2H3. The molecule has 1 aliphatic rings. The van der Waals surface area contributed by atoms with E-state index in [2.05, 4.69) is 35.1 Å². The van der Waals surface area contributed by atoms with Gasteiger partial charge in [-0.1, -0.05) is 13.8 Å². The van der Waals surface area contributed by atoms with Crippen LogP contribution in [0.3, 0.4) is 0 Å². The molecule has 1 saturated heterocycles. The molecule has 0 amide bonds. The normalized spacial score (nSPS) is 17.9. The molecule has 2 rings (SSSR count). The average Bonchev–Trinajstić information content (AvgIpc) is 2.25. The molecule has 0 atom stereocenters. The molecular weight excluding hydrogens is 300 g/mol. The van der Waals surface area contributed by atoms with Crippen molar-refractivity contribution in [1.82, 2.24) is 5.32 Å². The van der Waals surface area contributed by atoms with Gasteiger partial charge in [0.25, 0.3) is 0 Å². The highest BCUT2D eigenvalue weighted by atomic mass is 79.9. The summed E-state index contributed by atoms with van der Waals surface area (Å²) in [5.41, 5.74) is 0.225. The molecule has 18 heavy (non-hydrogen) atoms. The van der Waals surface area contributed by atoms with Crippen molar-refractivity contribution in [2.75, 3.05) is 13.1 Å². The molecule has 1 nitrogen and oxygen atoms in total. The maximum absolute atomic E-state index is 14.0. The molecule has 0 unspecified atom stereocenters. The van der Waals surface area contributed by atoms with E-state index in [0.717, 1.165) is 19.5 Å². The highest BCUT2D eigenvalue weighted by Gasteiger charge is 2.38. The van der Waals surface area contributed by atoms with Gasteiger partial charge < -0.3 is 5.32 Å². The Morgan fingerprint density at radius 2 is 2.00 bits per heavy atom. The quantitative estimate of drug-likeness (QED) is 0.830. The molecule has 1 aliphatic heterocycles. The number of hydrogen-bond acceptors (Lipinski definition) is 1. The molecule has 1 heterocycles. The van der Waals surface area contributed by atoms with Gasteiger partial charge in [0.15, 0.2) is 0 Å². The fourth-order valence-corrected chi connectivity index (χ4v) is 3.16. The number of nitrogens with one attached hydrogen (secondary N) is 1. The van der Waals surface area contributed by atoms with Crippen LogP contribution in [0, 0.1) is 23.0 Å². The molecule has 1 aromatic carbocycles. The SMILES string of the molecule is CC(C)CC1(Cc2c(F)ccc(Br)c2F)CNC1. The van der Waals surface area contributed by atoms with Crippen LogP contribution in [0.1, 0.15) is 25.8 Å². The number of hydrogen-bond donors (Lipinski definition) is 1. The van der Waals surface area contributed by atoms with Gasteiger partial charge in [0.05, 0.1) is 4.47 Å². The first-order valence-electron chi connectivity index (χ1n) is 6.27. The van der Waals surface area contributed by atoms with Crippen molar-refractivity contribution >= 4 is 15.9 Å². The highest BCUT2D eigenvalue weighted by Crippen LogP contribution is 2.37. The van der Waals surface area contributed by atoms with Crippen LogP contribution < -0.4 is 5.32 Å². The molecule has 1 N–H and O–H groups in total. The zero-order valence-corrected chi connectivity index (χ0v) is 12.3. The van der Waals surface area contributed by atoms with E-state index < -0.39 is 11.6 Å². The fourth-order valence-electron chi connectivity index (χ4n) is 2.79. The minimum Gasteiger partial charge on any atom is -0.316 e. The van der Waals surface area contributed by atoms with Gasteiger partial charge in [0.1, 0.15) is 11.6 Å². The largest absolute Gasteiger partial charge is 0.316 e. The van der Waals surface area contributed by atoms with Gasteiger partial charge >= 0.3 is 0 Å². The van der Waals surface area contributed by atoms with E-state index in [1.165, 1.54) is 12.1 Å². The zero-order valence-electron chi connectivity index (χ0n) is 10.7. The van der Waals surface area contributed by atoms with Crippen molar-refractivity contribution in [3.05, 3.63) is 33.8 Å². The predicted molar refractivity (Wildman–Crippen MR) is 72.5 cm³/mol. The van der Waals surface area contributed by atoms with E-state index >= 15 is 0 Å². The van der Waals surface area contributed by atoms with Crippen LogP contribution in [-0.2, 0) is 6.42 Å².